The van der Waals surface area contributed by atoms with Gasteiger partial charge in [0.25, 0.3) is 0 Å². The van der Waals surface area contributed by atoms with Gasteiger partial charge >= 0.3 is 12.0 Å². The lowest BCUT2D eigenvalue weighted by Crippen LogP contribution is -2.52. The Morgan fingerprint density at radius 2 is 2.05 bits per heavy atom. The van der Waals surface area contributed by atoms with Gasteiger partial charge in [-0.05, 0) is 38.8 Å². The Bertz CT molecular complexity index is 358. The highest BCUT2D eigenvalue weighted by atomic mass is 16.4. The first kappa shape index (κ1) is 17.8. The number of nitrogens with zero attached hydrogens (tertiary/aromatic N) is 2. The molecule has 1 aliphatic heterocycles. The fourth-order valence-electron chi connectivity index (χ4n) is 2.73. The number of carboxylic acid groups (broad SMARTS) is 1. The van der Waals surface area contributed by atoms with Crippen molar-refractivity contribution in [3.63, 3.8) is 0 Å². The molecule has 0 aromatic rings. The van der Waals surface area contributed by atoms with Crippen LogP contribution in [0.1, 0.15) is 33.1 Å². The van der Waals surface area contributed by atoms with Crippen LogP contribution in [0.2, 0.25) is 0 Å². The van der Waals surface area contributed by atoms with E-state index >= 15 is 0 Å². The summed E-state index contributed by atoms with van der Waals surface area (Å²) in [6, 6.07) is 0.0398. The number of urea groups is 1. The van der Waals surface area contributed by atoms with Crippen LogP contribution in [0.5, 0.6) is 0 Å². The number of amides is 2. The molecule has 2 N–H and O–H groups in total. The molecular formula is C15H29N3O3. The minimum atomic E-state index is -0.782. The zero-order chi connectivity index (χ0) is 16.0. The van der Waals surface area contributed by atoms with E-state index in [1.165, 1.54) is 0 Å². The lowest BCUT2D eigenvalue weighted by atomic mass is 9.95. The van der Waals surface area contributed by atoms with Crippen molar-refractivity contribution in [3.8, 4) is 0 Å². The Hall–Kier alpha value is -1.30. The third-order valence-corrected chi connectivity index (χ3v) is 3.94. The van der Waals surface area contributed by atoms with E-state index in [0.717, 1.165) is 19.4 Å². The van der Waals surface area contributed by atoms with Crippen LogP contribution >= 0.6 is 0 Å². The molecule has 122 valence electrons. The second kappa shape index (κ2) is 8.22. The van der Waals surface area contributed by atoms with Crippen LogP contribution in [-0.4, -0.2) is 66.7 Å². The van der Waals surface area contributed by atoms with Crippen molar-refractivity contribution in [2.75, 3.05) is 33.7 Å². The highest BCUT2D eigenvalue weighted by molar-refractivity contribution is 5.75. The Labute approximate surface area is 127 Å². The van der Waals surface area contributed by atoms with Gasteiger partial charge in [-0.25, -0.2) is 4.79 Å². The molecule has 2 unspecified atom stereocenters. The number of carbonyl (C=O) groups excluding carboxylic acids is 1. The average molecular weight is 299 g/mol. The number of likely N-dealkylation sites (tertiary alicyclic amines) is 1. The van der Waals surface area contributed by atoms with Crippen molar-refractivity contribution in [2.24, 2.45) is 11.8 Å². The number of likely N-dealkylation sites (N-methyl/N-ethyl adjacent to an activating group) is 1. The quantitative estimate of drug-likeness (QED) is 0.779. The van der Waals surface area contributed by atoms with Gasteiger partial charge in [-0.15, -0.1) is 0 Å². The predicted octanol–water partition coefficient (Wildman–Crippen LogP) is 1.47. The Morgan fingerprint density at radius 3 is 2.57 bits per heavy atom. The molecular weight excluding hydrogens is 270 g/mol. The molecule has 0 bridgehead atoms. The summed E-state index contributed by atoms with van der Waals surface area (Å²) in [5.74, 6) is -0.348. The molecule has 0 aliphatic carbocycles. The number of hydrogen-bond acceptors (Lipinski definition) is 3. The first-order valence-electron chi connectivity index (χ1n) is 7.71. The van der Waals surface area contributed by atoms with E-state index in [1.807, 2.05) is 14.1 Å². The maximum atomic E-state index is 12.4. The molecule has 1 aliphatic rings. The molecule has 0 spiro atoms. The lowest BCUT2D eigenvalue weighted by Gasteiger charge is -2.34. The van der Waals surface area contributed by atoms with Crippen LogP contribution in [0, 0.1) is 11.8 Å². The molecule has 0 aromatic carbocycles. The SMILES string of the molecule is CC(C)C(CN(C)C)NC(=O)N1CCCC(CC(=O)O)C1. The van der Waals surface area contributed by atoms with Crippen LogP contribution in [0.3, 0.4) is 0 Å². The summed E-state index contributed by atoms with van der Waals surface area (Å²) >= 11 is 0. The van der Waals surface area contributed by atoms with Crippen molar-refractivity contribution in [1.29, 1.82) is 0 Å². The smallest absolute Gasteiger partial charge is 0.317 e. The summed E-state index contributed by atoms with van der Waals surface area (Å²) in [6.07, 6.45) is 1.92. The number of piperidine rings is 1. The molecule has 21 heavy (non-hydrogen) atoms. The highest BCUT2D eigenvalue weighted by Gasteiger charge is 2.27. The van der Waals surface area contributed by atoms with Gasteiger partial charge in [-0.1, -0.05) is 13.8 Å². The highest BCUT2D eigenvalue weighted by Crippen LogP contribution is 2.19. The maximum absolute atomic E-state index is 12.4. The maximum Gasteiger partial charge on any atom is 0.317 e. The number of rotatable bonds is 6. The average Bonchev–Trinajstić information content (AvgIpc) is 2.36. The van der Waals surface area contributed by atoms with E-state index in [2.05, 4.69) is 24.1 Å². The number of aliphatic carboxylic acids is 1. The number of nitrogens with one attached hydrogen (secondary N) is 1. The monoisotopic (exact) mass is 299 g/mol. The van der Waals surface area contributed by atoms with Gasteiger partial charge in [0.2, 0.25) is 0 Å². The van der Waals surface area contributed by atoms with Gasteiger partial charge in [-0.3, -0.25) is 4.79 Å². The fraction of sp³-hybridized carbons (Fsp3) is 0.867. The van der Waals surface area contributed by atoms with Crippen LogP contribution in [0.15, 0.2) is 0 Å². The molecule has 1 rings (SSSR count). The van der Waals surface area contributed by atoms with Crippen molar-refractivity contribution < 1.29 is 14.7 Å². The molecule has 6 nitrogen and oxygen atoms in total. The lowest BCUT2D eigenvalue weighted by molar-refractivity contribution is -0.138. The number of carbonyl (C=O) groups is 2. The minimum Gasteiger partial charge on any atom is -0.481 e. The van der Waals surface area contributed by atoms with Crippen molar-refractivity contribution in [1.82, 2.24) is 15.1 Å². The molecule has 2 atom stereocenters. The molecule has 6 heteroatoms. The first-order valence-corrected chi connectivity index (χ1v) is 7.71. The Morgan fingerprint density at radius 1 is 1.38 bits per heavy atom. The predicted molar refractivity (Wildman–Crippen MR) is 82.3 cm³/mol. The van der Waals surface area contributed by atoms with Gasteiger partial charge < -0.3 is 20.2 Å². The summed E-state index contributed by atoms with van der Waals surface area (Å²) in [4.78, 5) is 27.0. The van der Waals surface area contributed by atoms with Crippen LogP contribution in [0.25, 0.3) is 0 Å². The summed E-state index contributed by atoms with van der Waals surface area (Å²) in [7, 11) is 3.98. The Kier molecular flexibility index (Phi) is 6.95. The van der Waals surface area contributed by atoms with Crippen molar-refractivity contribution in [2.45, 2.75) is 39.2 Å². The van der Waals surface area contributed by atoms with E-state index in [4.69, 9.17) is 5.11 Å². The summed E-state index contributed by atoms with van der Waals surface area (Å²) < 4.78 is 0. The second-order valence-electron chi connectivity index (χ2n) is 6.61. The summed E-state index contributed by atoms with van der Waals surface area (Å²) in [5.41, 5.74) is 0. The number of carboxylic acids is 1. The normalized spacial score (nSPS) is 20.7. The van der Waals surface area contributed by atoms with Crippen molar-refractivity contribution >= 4 is 12.0 Å². The molecule has 1 fully saturated rings. The fourth-order valence-corrected chi connectivity index (χ4v) is 2.73. The van der Waals surface area contributed by atoms with Crippen LogP contribution in [0.4, 0.5) is 4.79 Å². The standard InChI is InChI=1S/C15H29N3O3/c1-11(2)13(10-17(3)4)16-15(21)18-7-5-6-12(9-18)8-14(19)20/h11-13H,5-10H2,1-4H3,(H,16,21)(H,19,20). The zero-order valence-electron chi connectivity index (χ0n) is 13.6. The van der Waals surface area contributed by atoms with Crippen LogP contribution < -0.4 is 5.32 Å². The number of hydrogen-bond donors (Lipinski definition) is 2. The largest absolute Gasteiger partial charge is 0.481 e. The minimum absolute atomic E-state index is 0.0642. The second-order valence-corrected chi connectivity index (χ2v) is 6.61. The summed E-state index contributed by atoms with van der Waals surface area (Å²) in [6.45, 7) is 6.26. The van der Waals surface area contributed by atoms with Gasteiger partial charge in [-0.2, -0.15) is 0 Å². The van der Waals surface area contributed by atoms with Gasteiger partial charge in [0.15, 0.2) is 0 Å². The molecule has 0 radical (unpaired) electrons. The first-order chi connectivity index (χ1) is 9.79. The third-order valence-electron chi connectivity index (χ3n) is 3.94. The summed E-state index contributed by atoms with van der Waals surface area (Å²) in [5, 5.41) is 12.0. The molecule has 1 heterocycles. The topological polar surface area (TPSA) is 72.9 Å². The van der Waals surface area contributed by atoms with E-state index in [9.17, 15) is 9.59 Å². The Balaban J connectivity index is 2.54. The van der Waals surface area contributed by atoms with Crippen molar-refractivity contribution in [3.05, 3.63) is 0 Å². The van der Waals surface area contributed by atoms with Gasteiger partial charge in [0, 0.05) is 32.1 Å². The van der Waals surface area contributed by atoms with Gasteiger partial charge in [0.1, 0.15) is 0 Å². The zero-order valence-corrected chi connectivity index (χ0v) is 13.6. The van der Waals surface area contributed by atoms with Crippen LogP contribution in [-0.2, 0) is 4.79 Å². The third kappa shape index (κ3) is 6.33. The van der Waals surface area contributed by atoms with E-state index < -0.39 is 5.97 Å². The van der Waals surface area contributed by atoms with E-state index in [-0.39, 0.29) is 24.4 Å². The van der Waals surface area contributed by atoms with E-state index in [0.29, 0.717) is 19.0 Å². The van der Waals surface area contributed by atoms with E-state index in [1.54, 1.807) is 4.90 Å². The van der Waals surface area contributed by atoms with Gasteiger partial charge in [0.05, 0.1) is 0 Å². The molecule has 0 saturated carbocycles. The molecule has 2 amide bonds. The molecule has 1 saturated heterocycles. The molecule has 0 aromatic heterocycles.